The maximum absolute atomic E-state index is 5.64. The van der Waals surface area contributed by atoms with Crippen molar-refractivity contribution >= 4 is 10.9 Å². The van der Waals surface area contributed by atoms with E-state index in [9.17, 15) is 0 Å². The van der Waals surface area contributed by atoms with Gasteiger partial charge < -0.3 is 9.40 Å². The van der Waals surface area contributed by atoms with Crippen LogP contribution in [0.25, 0.3) is 33.4 Å². The number of nitrogens with one attached hydrogen (secondary N) is 1. The Kier molecular flexibility index (Phi) is 1.86. The molecule has 86 valence electrons. The lowest BCUT2D eigenvalue weighted by atomic mass is 10.1. The predicted octanol–water partition coefficient (Wildman–Crippen LogP) is 4.53. The molecule has 1 aliphatic carbocycles. The number of aromatic amines is 1. The second-order valence-corrected chi connectivity index (χ2v) is 4.39. The van der Waals surface area contributed by atoms with Crippen molar-refractivity contribution in [3.63, 3.8) is 0 Å². The summed E-state index contributed by atoms with van der Waals surface area (Å²) in [4.78, 5) is 3.30. The Morgan fingerprint density at radius 3 is 2.78 bits per heavy atom. The van der Waals surface area contributed by atoms with Crippen molar-refractivity contribution in [2.24, 2.45) is 0 Å². The van der Waals surface area contributed by atoms with Crippen LogP contribution in [0.3, 0.4) is 0 Å². The van der Waals surface area contributed by atoms with Crippen LogP contribution in [0.5, 0.6) is 0 Å². The quantitative estimate of drug-likeness (QED) is 0.514. The third-order valence-electron chi connectivity index (χ3n) is 3.36. The van der Waals surface area contributed by atoms with E-state index in [-0.39, 0.29) is 0 Å². The summed E-state index contributed by atoms with van der Waals surface area (Å²) in [5.41, 5.74) is 4.62. The largest absolute Gasteiger partial charge is 0.464 e. The zero-order valence-corrected chi connectivity index (χ0v) is 9.68. The Balaban J connectivity index is 2.03. The Hall–Kier alpha value is -2.48. The lowest BCUT2D eigenvalue weighted by molar-refractivity contribution is 0.568. The molecular weight excluding hydrogens is 222 g/mol. The van der Waals surface area contributed by atoms with E-state index in [1.165, 1.54) is 10.9 Å². The van der Waals surface area contributed by atoms with Crippen LogP contribution >= 0.6 is 0 Å². The van der Waals surface area contributed by atoms with Crippen molar-refractivity contribution in [3.05, 3.63) is 61.0 Å². The van der Waals surface area contributed by atoms with Crippen molar-refractivity contribution in [3.8, 4) is 22.5 Å². The molecule has 0 bridgehead atoms. The summed E-state index contributed by atoms with van der Waals surface area (Å²) in [5.74, 6) is 0.947. The average molecular weight is 233 g/mol. The molecule has 2 nitrogen and oxygen atoms in total. The highest BCUT2D eigenvalue weighted by Crippen LogP contribution is 2.38. The lowest BCUT2D eigenvalue weighted by Crippen LogP contribution is -1.76. The molecule has 0 unspecified atom stereocenters. The Bertz CT molecular complexity index is 794. The van der Waals surface area contributed by atoms with Gasteiger partial charge in [0.05, 0.1) is 6.26 Å². The fraction of sp³-hybridized carbons (Fsp3) is 0. The van der Waals surface area contributed by atoms with Gasteiger partial charge in [0.15, 0.2) is 0 Å². The lowest BCUT2D eigenvalue weighted by Gasteiger charge is -2.01. The normalized spacial score (nSPS) is 11.3. The molecule has 2 heterocycles. The number of hydrogen-bond acceptors (Lipinski definition) is 1. The van der Waals surface area contributed by atoms with Gasteiger partial charge in [-0.3, -0.25) is 0 Å². The van der Waals surface area contributed by atoms with E-state index in [0.717, 1.165) is 22.4 Å². The monoisotopic (exact) mass is 233 g/mol. The number of rotatable bonds is 1. The Labute approximate surface area is 104 Å². The maximum atomic E-state index is 5.64. The van der Waals surface area contributed by atoms with Crippen molar-refractivity contribution in [2.75, 3.05) is 0 Å². The molecule has 0 radical (unpaired) electrons. The smallest absolute Gasteiger partial charge is 0.141 e. The van der Waals surface area contributed by atoms with Gasteiger partial charge in [-0.05, 0) is 24.3 Å². The first-order valence-corrected chi connectivity index (χ1v) is 5.96. The van der Waals surface area contributed by atoms with E-state index in [4.69, 9.17) is 4.42 Å². The number of benzene rings is 1. The molecule has 1 aromatic heterocycles. The number of H-pyrrole nitrogens is 1. The molecular formula is C16H11NO. The second-order valence-electron chi connectivity index (χ2n) is 4.39. The van der Waals surface area contributed by atoms with Gasteiger partial charge in [0, 0.05) is 33.8 Å². The molecule has 0 spiro atoms. The van der Waals surface area contributed by atoms with Gasteiger partial charge in [-0.25, -0.2) is 0 Å². The number of para-hydroxylation sites is 1. The minimum Gasteiger partial charge on any atom is -0.464 e. The fourth-order valence-electron chi connectivity index (χ4n) is 2.50. The van der Waals surface area contributed by atoms with Crippen LogP contribution in [-0.2, 0) is 0 Å². The third-order valence-corrected chi connectivity index (χ3v) is 3.36. The van der Waals surface area contributed by atoms with E-state index in [1.807, 2.05) is 18.3 Å². The van der Waals surface area contributed by atoms with Gasteiger partial charge >= 0.3 is 0 Å². The van der Waals surface area contributed by atoms with Crippen molar-refractivity contribution in [1.29, 1.82) is 0 Å². The molecule has 1 aromatic carbocycles. The summed E-state index contributed by atoms with van der Waals surface area (Å²) in [5, 5.41) is 1.23. The van der Waals surface area contributed by atoms with E-state index in [1.54, 1.807) is 6.26 Å². The summed E-state index contributed by atoms with van der Waals surface area (Å²) in [6.07, 6.45) is 3.77. The second kappa shape index (κ2) is 3.50. The van der Waals surface area contributed by atoms with Gasteiger partial charge in [0.25, 0.3) is 0 Å². The highest BCUT2D eigenvalue weighted by molar-refractivity contribution is 5.99. The average Bonchev–Trinajstić information content (AvgIpc) is 3.01. The predicted molar refractivity (Wildman–Crippen MR) is 72.6 cm³/mol. The first kappa shape index (κ1) is 9.54. The summed E-state index contributed by atoms with van der Waals surface area (Å²) in [7, 11) is 0. The molecule has 2 aliphatic rings. The van der Waals surface area contributed by atoms with Crippen molar-refractivity contribution < 1.29 is 4.42 Å². The summed E-state index contributed by atoms with van der Waals surface area (Å²) in [6.45, 7) is 0. The molecule has 2 aromatic rings. The SMILES string of the molecule is c1coc2c(-c3c[nH]c4ccccc34)ccc-2c1. The van der Waals surface area contributed by atoms with Crippen LogP contribution in [0.15, 0.2) is 65.4 Å². The molecule has 0 atom stereocenters. The van der Waals surface area contributed by atoms with Gasteiger partial charge in [-0.2, -0.15) is 0 Å². The summed E-state index contributed by atoms with van der Waals surface area (Å²) in [6, 6.07) is 16.5. The van der Waals surface area contributed by atoms with E-state index in [2.05, 4.69) is 41.4 Å². The van der Waals surface area contributed by atoms with Gasteiger partial charge in [0.1, 0.15) is 5.76 Å². The van der Waals surface area contributed by atoms with Gasteiger partial charge in [-0.15, -0.1) is 0 Å². The van der Waals surface area contributed by atoms with Gasteiger partial charge in [-0.1, -0.05) is 24.3 Å². The zero-order valence-electron chi connectivity index (χ0n) is 9.68. The zero-order chi connectivity index (χ0) is 11.9. The first-order valence-electron chi connectivity index (χ1n) is 5.96. The summed E-state index contributed by atoms with van der Waals surface area (Å²) < 4.78 is 5.64. The molecule has 18 heavy (non-hydrogen) atoms. The number of aromatic nitrogens is 1. The highest BCUT2D eigenvalue weighted by Gasteiger charge is 2.15. The highest BCUT2D eigenvalue weighted by atomic mass is 16.3. The van der Waals surface area contributed by atoms with Crippen LogP contribution < -0.4 is 0 Å². The van der Waals surface area contributed by atoms with Gasteiger partial charge in [0.2, 0.25) is 0 Å². The van der Waals surface area contributed by atoms with Crippen LogP contribution in [-0.4, -0.2) is 4.98 Å². The molecule has 1 N–H and O–H groups in total. The van der Waals surface area contributed by atoms with Crippen LogP contribution in [0.2, 0.25) is 0 Å². The van der Waals surface area contributed by atoms with E-state index >= 15 is 0 Å². The first-order chi connectivity index (χ1) is 8.93. The molecule has 4 rings (SSSR count). The topological polar surface area (TPSA) is 28.9 Å². The van der Waals surface area contributed by atoms with Crippen LogP contribution in [0, 0.1) is 0 Å². The molecule has 1 aliphatic heterocycles. The third kappa shape index (κ3) is 1.23. The number of fused-ring (bicyclic) bond motifs is 2. The fourth-order valence-corrected chi connectivity index (χ4v) is 2.50. The van der Waals surface area contributed by atoms with Crippen molar-refractivity contribution in [1.82, 2.24) is 4.98 Å². The minimum absolute atomic E-state index is 0.947. The molecule has 0 saturated carbocycles. The summed E-state index contributed by atoms with van der Waals surface area (Å²) >= 11 is 0. The standard InChI is InChI=1S/C16H11NO/c1-2-6-15-12(5-1)14(10-17-15)13-8-7-11-4-3-9-18-16(11)13/h1-10,17H. The van der Waals surface area contributed by atoms with Crippen LogP contribution in [0.1, 0.15) is 0 Å². The van der Waals surface area contributed by atoms with E-state index < -0.39 is 0 Å². The minimum atomic E-state index is 0.947. The Morgan fingerprint density at radius 1 is 0.833 bits per heavy atom. The number of hydrogen-bond donors (Lipinski definition) is 1. The van der Waals surface area contributed by atoms with Crippen molar-refractivity contribution in [2.45, 2.75) is 0 Å². The van der Waals surface area contributed by atoms with Crippen LogP contribution in [0.4, 0.5) is 0 Å². The maximum Gasteiger partial charge on any atom is 0.141 e. The molecule has 0 saturated heterocycles. The van der Waals surface area contributed by atoms with E-state index in [0.29, 0.717) is 0 Å². The molecule has 0 fully saturated rings. The molecule has 2 heteroatoms. The Morgan fingerprint density at radius 2 is 1.78 bits per heavy atom. The molecule has 0 amide bonds.